The molecule has 3 nitrogen and oxygen atoms in total. The minimum Gasteiger partial charge on any atom is -0.439 e. The summed E-state index contributed by atoms with van der Waals surface area (Å²) in [5.74, 6) is 0. The fourth-order valence-electron chi connectivity index (χ4n) is 6.52. The maximum absolute atomic E-state index is 6.46. The molecule has 0 fully saturated rings. The van der Waals surface area contributed by atoms with E-state index in [1.807, 2.05) is 12.1 Å². The Labute approximate surface area is 236 Å². The molecule has 41 heavy (non-hydrogen) atoms. The standard InChI is InChI=1S/C38H24N2O/c1-5-16-33-29(12-1)30-13-2-6-17-34(30)39(33)27-22-20-25(21-23-27)26-10-9-11-28(24-26)40-35-18-7-3-14-31(35)37-32-15-4-8-19-36(32)41-38(37)40/h1-24H. The fraction of sp³-hybridized carbons (Fsp3) is 0. The molecule has 6 aromatic carbocycles. The normalized spacial score (nSPS) is 11.9. The van der Waals surface area contributed by atoms with Crippen molar-refractivity contribution in [3.63, 3.8) is 0 Å². The van der Waals surface area contributed by atoms with Crippen molar-refractivity contribution in [3.8, 4) is 22.5 Å². The first-order chi connectivity index (χ1) is 20.3. The fourth-order valence-corrected chi connectivity index (χ4v) is 6.52. The van der Waals surface area contributed by atoms with Gasteiger partial charge in [-0.25, -0.2) is 0 Å². The molecule has 0 aliphatic heterocycles. The van der Waals surface area contributed by atoms with Gasteiger partial charge in [0.15, 0.2) is 0 Å². The van der Waals surface area contributed by atoms with E-state index < -0.39 is 0 Å². The predicted octanol–water partition coefficient (Wildman–Crippen LogP) is 10.3. The Hall–Kier alpha value is -5.54. The maximum Gasteiger partial charge on any atom is 0.213 e. The Morgan fingerprint density at radius 1 is 0.390 bits per heavy atom. The van der Waals surface area contributed by atoms with Crippen molar-refractivity contribution >= 4 is 54.8 Å². The second kappa shape index (κ2) is 8.48. The van der Waals surface area contributed by atoms with Gasteiger partial charge >= 0.3 is 0 Å². The van der Waals surface area contributed by atoms with Crippen LogP contribution in [0.5, 0.6) is 0 Å². The molecule has 0 bridgehead atoms. The monoisotopic (exact) mass is 524 g/mol. The summed E-state index contributed by atoms with van der Waals surface area (Å²) in [5, 5.41) is 6.06. The van der Waals surface area contributed by atoms with E-state index >= 15 is 0 Å². The number of furan rings is 1. The number of benzene rings is 6. The summed E-state index contributed by atoms with van der Waals surface area (Å²) in [4.78, 5) is 0. The van der Waals surface area contributed by atoms with Gasteiger partial charge in [-0.05, 0) is 59.7 Å². The zero-order chi connectivity index (χ0) is 26.9. The highest BCUT2D eigenvalue weighted by Crippen LogP contribution is 2.39. The van der Waals surface area contributed by atoms with Gasteiger partial charge in [-0.1, -0.05) is 97.1 Å². The molecule has 0 atom stereocenters. The van der Waals surface area contributed by atoms with Gasteiger partial charge in [0.25, 0.3) is 0 Å². The molecule has 0 aliphatic rings. The summed E-state index contributed by atoms with van der Waals surface area (Å²) in [6.07, 6.45) is 0. The van der Waals surface area contributed by atoms with E-state index in [0.717, 1.165) is 39.0 Å². The molecule has 3 heterocycles. The Bertz CT molecular complexity index is 2360. The maximum atomic E-state index is 6.46. The number of para-hydroxylation sites is 4. The molecule has 0 unspecified atom stereocenters. The second-order valence-electron chi connectivity index (χ2n) is 10.6. The van der Waals surface area contributed by atoms with E-state index in [1.54, 1.807) is 0 Å². The van der Waals surface area contributed by atoms with Crippen LogP contribution >= 0.6 is 0 Å². The average Bonchev–Trinajstić information content (AvgIpc) is 3.68. The van der Waals surface area contributed by atoms with Crippen LogP contribution in [0.2, 0.25) is 0 Å². The molecule has 3 aromatic heterocycles. The Morgan fingerprint density at radius 3 is 1.68 bits per heavy atom. The largest absolute Gasteiger partial charge is 0.439 e. The van der Waals surface area contributed by atoms with Gasteiger partial charge in [0, 0.05) is 32.9 Å². The van der Waals surface area contributed by atoms with E-state index in [1.165, 1.54) is 38.3 Å². The third-order valence-electron chi connectivity index (χ3n) is 8.34. The zero-order valence-electron chi connectivity index (χ0n) is 22.2. The third-order valence-corrected chi connectivity index (χ3v) is 8.34. The first-order valence-electron chi connectivity index (χ1n) is 14.0. The summed E-state index contributed by atoms with van der Waals surface area (Å²) in [6.45, 7) is 0. The number of fused-ring (bicyclic) bond motifs is 8. The van der Waals surface area contributed by atoms with Crippen molar-refractivity contribution in [1.82, 2.24) is 9.13 Å². The van der Waals surface area contributed by atoms with E-state index in [-0.39, 0.29) is 0 Å². The minimum absolute atomic E-state index is 0.881. The molecule has 192 valence electrons. The molecule has 0 saturated carbocycles. The lowest BCUT2D eigenvalue weighted by Crippen LogP contribution is -1.95. The molecule has 9 aromatic rings. The quantitative estimate of drug-likeness (QED) is 0.225. The van der Waals surface area contributed by atoms with Gasteiger partial charge in [0.05, 0.1) is 21.9 Å². The third kappa shape index (κ3) is 3.20. The SMILES string of the molecule is c1cc(-c2ccc(-n3c4ccccc4c4ccccc43)cc2)cc(-n2c3ccccc3c3c4ccccc4oc32)c1. The molecule has 0 amide bonds. The highest BCUT2D eigenvalue weighted by Gasteiger charge is 2.19. The van der Waals surface area contributed by atoms with Crippen LogP contribution in [-0.2, 0) is 0 Å². The Kier molecular flexibility index (Phi) is 4.61. The van der Waals surface area contributed by atoms with E-state index in [0.29, 0.717) is 0 Å². The van der Waals surface area contributed by atoms with Crippen LogP contribution in [0.1, 0.15) is 0 Å². The van der Waals surface area contributed by atoms with Crippen molar-refractivity contribution < 1.29 is 4.42 Å². The lowest BCUT2D eigenvalue weighted by molar-refractivity contribution is 0.645. The van der Waals surface area contributed by atoms with Gasteiger partial charge < -0.3 is 8.98 Å². The first kappa shape index (κ1) is 22.3. The molecule has 3 heteroatoms. The number of hydrogen-bond donors (Lipinski definition) is 0. The van der Waals surface area contributed by atoms with Crippen LogP contribution in [-0.4, -0.2) is 9.13 Å². The van der Waals surface area contributed by atoms with E-state index in [9.17, 15) is 0 Å². The van der Waals surface area contributed by atoms with Crippen LogP contribution in [0.25, 0.3) is 77.3 Å². The highest BCUT2D eigenvalue weighted by atomic mass is 16.3. The van der Waals surface area contributed by atoms with Crippen LogP contribution in [0.4, 0.5) is 0 Å². The first-order valence-corrected chi connectivity index (χ1v) is 14.0. The van der Waals surface area contributed by atoms with Crippen molar-refractivity contribution in [2.45, 2.75) is 0 Å². The number of rotatable bonds is 3. The topological polar surface area (TPSA) is 23.0 Å². The van der Waals surface area contributed by atoms with Crippen LogP contribution in [0, 0.1) is 0 Å². The van der Waals surface area contributed by atoms with Gasteiger partial charge in [-0.15, -0.1) is 0 Å². The Balaban J connectivity index is 1.19. The van der Waals surface area contributed by atoms with E-state index in [2.05, 4.69) is 143 Å². The smallest absolute Gasteiger partial charge is 0.213 e. The van der Waals surface area contributed by atoms with Crippen molar-refractivity contribution in [3.05, 3.63) is 146 Å². The molecular weight excluding hydrogens is 500 g/mol. The van der Waals surface area contributed by atoms with Crippen LogP contribution in [0.15, 0.2) is 150 Å². The molecule has 0 radical (unpaired) electrons. The van der Waals surface area contributed by atoms with Crippen molar-refractivity contribution in [1.29, 1.82) is 0 Å². The van der Waals surface area contributed by atoms with Crippen LogP contribution in [0.3, 0.4) is 0 Å². The lowest BCUT2D eigenvalue weighted by atomic mass is 10.0. The molecule has 9 rings (SSSR count). The minimum atomic E-state index is 0.881. The van der Waals surface area contributed by atoms with Crippen molar-refractivity contribution in [2.75, 3.05) is 0 Å². The average molecular weight is 525 g/mol. The van der Waals surface area contributed by atoms with Gasteiger partial charge in [0.1, 0.15) is 5.58 Å². The Morgan fingerprint density at radius 2 is 0.976 bits per heavy atom. The summed E-state index contributed by atoms with van der Waals surface area (Å²) in [7, 11) is 0. The van der Waals surface area contributed by atoms with Gasteiger partial charge in [-0.2, -0.15) is 0 Å². The lowest BCUT2D eigenvalue weighted by Gasteiger charge is -2.11. The van der Waals surface area contributed by atoms with Gasteiger partial charge in [0.2, 0.25) is 5.71 Å². The summed E-state index contributed by atoms with van der Waals surface area (Å²) in [5.41, 5.74) is 9.95. The highest BCUT2D eigenvalue weighted by molar-refractivity contribution is 6.19. The number of hydrogen-bond acceptors (Lipinski definition) is 1. The molecule has 0 saturated heterocycles. The van der Waals surface area contributed by atoms with Crippen molar-refractivity contribution in [2.24, 2.45) is 0 Å². The van der Waals surface area contributed by atoms with E-state index in [4.69, 9.17) is 4.42 Å². The predicted molar refractivity (Wildman–Crippen MR) is 170 cm³/mol. The molecule has 0 N–H and O–H groups in total. The summed E-state index contributed by atoms with van der Waals surface area (Å²) >= 11 is 0. The number of nitrogens with zero attached hydrogens (tertiary/aromatic N) is 2. The van der Waals surface area contributed by atoms with Gasteiger partial charge in [-0.3, -0.25) is 4.57 Å². The van der Waals surface area contributed by atoms with Crippen LogP contribution < -0.4 is 0 Å². The summed E-state index contributed by atoms with van der Waals surface area (Å²) in [6, 6.07) is 51.8. The number of aromatic nitrogens is 2. The molecule has 0 spiro atoms. The molecule has 0 aliphatic carbocycles. The zero-order valence-corrected chi connectivity index (χ0v) is 22.2. The summed E-state index contributed by atoms with van der Waals surface area (Å²) < 4.78 is 11.1. The second-order valence-corrected chi connectivity index (χ2v) is 10.6. The molecular formula is C38H24N2O.